The molecule has 10 heteroatoms. The fraction of sp³-hybridized carbons (Fsp3) is 0.364. The number of imidazole rings is 1. The number of anilines is 1. The van der Waals surface area contributed by atoms with E-state index in [4.69, 9.17) is 5.73 Å². The molecule has 2 heterocycles. The van der Waals surface area contributed by atoms with E-state index in [0.717, 1.165) is 4.90 Å². The van der Waals surface area contributed by atoms with E-state index in [1.165, 1.54) is 26.6 Å². The van der Waals surface area contributed by atoms with Crippen molar-refractivity contribution < 1.29 is 14.7 Å². The van der Waals surface area contributed by atoms with Gasteiger partial charge in [-0.15, -0.1) is 0 Å². The van der Waals surface area contributed by atoms with Crippen molar-refractivity contribution in [2.45, 2.75) is 19.1 Å². The number of nitrogens with zero attached hydrogens (tertiary/aromatic N) is 4. The number of hydrogen-bond acceptors (Lipinski definition) is 7. The summed E-state index contributed by atoms with van der Waals surface area (Å²) in [5.41, 5.74) is 6.30. The molecule has 2 rings (SSSR count). The number of imide groups is 1. The van der Waals surface area contributed by atoms with E-state index in [2.05, 4.69) is 25.3 Å². The third kappa shape index (κ3) is 2.95. The zero-order valence-corrected chi connectivity index (χ0v) is 11.4. The quantitative estimate of drug-likeness (QED) is 0.551. The van der Waals surface area contributed by atoms with Crippen LogP contribution in [0.15, 0.2) is 12.7 Å². The monoisotopic (exact) mass is 293 g/mol. The summed E-state index contributed by atoms with van der Waals surface area (Å²) < 4.78 is 0. The predicted octanol–water partition coefficient (Wildman–Crippen LogP) is -1.27. The number of hydrogen-bond donors (Lipinski definition) is 4. The summed E-state index contributed by atoms with van der Waals surface area (Å²) in [4.78, 5) is 39.4. The number of nitrogens with one attached hydrogen (secondary N) is 2. The second-order valence-electron chi connectivity index (χ2n) is 4.42. The average molecular weight is 293 g/mol. The number of aromatic nitrogens is 4. The molecule has 21 heavy (non-hydrogen) atoms. The van der Waals surface area contributed by atoms with Crippen molar-refractivity contribution in [3.05, 3.63) is 12.7 Å². The van der Waals surface area contributed by atoms with Crippen LogP contribution < -0.4 is 16.0 Å². The maximum Gasteiger partial charge on any atom is 0.329 e. The maximum absolute atomic E-state index is 12.0. The minimum absolute atomic E-state index is 0.258. The lowest BCUT2D eigenvalue weighted by Crippen LogP contribution is -2.52. The van der Waals surface area contributed by atoms with Gasteiger partial charge in [0.25, 0.3) is 0 Å². The Hall–Kier alpha value is -2.59. The number of aromatic amines is 1. The van der Waals surface area contributed by atoms with Crippen LogP contribution in [0.4, 0.5) is 10.6 Å². The van der Waals surface area contributed by atoms with Crippen molar-refractivity contribution in [3.63, 3.8) is 0 Å². The lowest BCUT2D eigenvalue weighted by molar-refractivity contribution is -0.123. The fourth-order valence-electron chi connectivity index (χ4n) is 1.59. The van der Waals surface area contributed by atoms with Gasteiger partial charge >= 0.3 is 6.03 Å². The van der Waals surface area contributed by atoms with Gasteiger partial charge in [0.1, 0.15) is 17.9 Å². The Bertz CT molecular complexity index is 669. The summed E-state index contributed by atoms with van der Waals surface area (Å²) in [5, 5.41) is 11.3. The van der Waals surface area contributed by atoms with E-state index in [-0.39, 0.29) is 5.82 Å². The van der Waals surface area contributed by atoms with Crippen LogP contribution in [0, 0.1) is 0 Å². The van der Waals surface area contributed by atoms with Gasteiger partial charge in [0.2, 0.25) is 5.91 Å². The number of H-pyrrole nitrogens is 1. The number of urea groups is 1. The molecule has 10 nitrogen and oxygen atoms in total. The number of carbonyl (C=O) groups excluding carboxylic acids is 2. The summed E-state index contributed by atoms with van der Waals surface area (Å²) in [7, 11) is 1.43. The zero-order chi connectivity index (χ0) is 15.6. The van der Waals surface area contributed by atoms with Gasteiger partial charge in [-0.3, -0.25) is 15.0 Å². The van der Waals surface area contributed by atoms with Gasteiger partial charge in [0.15, 0.2) is 11.5 Å². The van der Waals surface area contributed by atoms with Gasteiger partial charge in [-0.05, 0) is 6.92 Å². The lowest BCUT2D eigenvalue weighted by Gasteiger charge is -2.19. The van der Waals surface area contributed by atoms with Crippen molar-refractivity contribution in [2.75, 3.05) is 11.9 Å². The average Bonchev–Trinajstić information content (AvgIpc) is 2.93. The Balaban J connectivity index is 2.16. The second kappa shape index (κ2) is 5.81. The molecule has 5 N–H and O–H groups in total. The minimum Gasteiger partial charge on any atom is -0.391 e. The van der Waals surface area contributed by atoms with Crippen LogP contribution in [0.5, 0.6) is 0 Å². The maximum atomic E-state index is 12.0. The van der Waals surface area contributed by atoms with Gasteiger partial charge < -0.3 is 15.8 Å². The number of rotatable bonds is 3. The molecule has 0 aromatic carbocycles. The van der Waals surface area contributed by atoms with E-state index in [1.807, 2.05) is 0 Å². The van der Waals surface area contributed by atoms with Crippen LogP contribution in [-0.2, 0) is 4.79 Å². The molecule has 0 aliphatic rings. The molecule has 112 valence electrons. The van der Waals surface area contributed by atoms with Gasteiger partial charge in [0, 0.05) is 7.05 Å². The first-order chi connectivity index (χ1) is 9.91. The summed E-state index contributed by atoms with van der Waals surface area (Å²) in [6.45, 7) is 1.36. The Labute approximate surface area is 119 Å². The molecule has 2 aromatic heterocycles. The number of fused-ring (bicyclic) bond motifs is 1. The van der Waals surface area contributed by atoms with Gasteiger partial charge in [-0.2, -0.15) is 0 Å². The molecule has 0 saturated carbocycles. The Morgan fingerprint density at radius 1 is 1.43 bits per heavy atom. The molecule has 2 aromatic rings. The molecule has 0 saturated heterocycles. The van der Waals surface area contributed by atoms with Crippen LogP contribution >= 0.6 is 0 Å². The first-order valence-electron chi connectivity index (χ1n) is 6.08. The Morgan fingerprint density at radius 2 is 2.14 bits per heavy atom. The SMILES string of the molecule is C[C@@H](O)[C@H](N)C(=O)NC(=O)N(C)c1ncnc2nc[nH]c12. The standard InChI is InChI=1S/C11H15N7O3/c1-5(19)6(12)10(20)17-11(21)18(2)9-7-8(14-3-13-7)15-4-16-9/h3-6,19H,12H2,1-2H3,(H,17,20,21)(H,13,14,15,16)/t5-,6+/m1/s1. The molecule has 0 unspecified atom stereocenters. The largest absolute Gasteiger partial charge is 0.391 e. The predicted molar refractivity (Wildman–Crippen MR) is 73.3 cm³/mol. The van der Waals surface area contributed by atoms with E-state index >= 15 is 0 Å². The van der Waals surface area contributed by atoms with Crippen LogP contribution in [-0.4, -0.2) is 56.2 Å². The van der Waals surface area contributed by atoms with Crippen molar-refractivity contribution in [3.8, 4) is 0 Å². The number of aliphatic hydroxyl groups excluding tert-OH is 1. The minimum atomic E-state index is -1.19. The van der Waals surface area contributed by atoms with Gasteiger partial charge in [-0.1, -0.05) is 0 Å². The Kier molecular flexibility index (Phi) is 4.10. The van der Waals surface area contributed by atoms with Crippen molar-refractivity contribution in [1.29, 1.82) is 0 Å². The fourth-order valence-corrected chi connectivity index (χ4v) is 1.59. The molecule has 0 radical (unpaired) electrons. The summed E-state index contributed by atoms with van der Waals surface area (Å²) in [5.74, 6) is -0.523. The normalized spacial score (nSPS) is 13.7. The van der Waals surface area contributed by atoms with Crippen LogP contribution in [0.2, 0.25) is 0 Å². The first-order valence-corrected chi connectivity index (χ1v) is 6.08. The molecule has 0 spiro atoms. The smallest absolute Gasteiger partial charge is 0.329 e. The lowest BCUT2D eigenvalue weighted by atomic mass is 10.2. The number of carbonyl (C=O) groups is 2. The highest BCUT2D eigenvalue weighted by Gasteiger charge is 2.24. The summed E-state index contributed by atoms with van der Waals surface area (Å²) in [6.07, 6.45) is 1.61. The topological polar surface area (TPSA) is 150 Å². The van der Waals surface area contributed by atoms with E-state index in [9.17, 15) is 14.7 Å². The van der Waals surface area contributed by atoms with Crippen LogP contribution in [0.1, 0.15) is 6.92 Å². The van der Waals surface area contributed by atoms with E-state index in [1.54, 1.807) is 0 Å². The molecular weight excluding hydrogens is 278 g/mol. The van der Waals surface area contributed by atoms with Gasteiger partial charge in [0.05, 0.1) is 12.4 Å². The van der Waals surface area contributed by atoms with Crippen LogP contribution in [0.25, 0.3) is 11.2 Å². The number of aliphatic hydroxyl groups is 1. The molecule has 0 aliphatic carbocycles. The molecule has 3 amide bonds. The number of amides is 3. The molecule has 2 atom stereocenters. The molecule has 0 aliphatic heterocycles. The third-order valence-corrected chi connectivity index (χ3v) is 2.88. The highest BCUT2D eigenvalue weighted by Crippen LogP contribution is 2.18. The molecule has 0 bridgehead atoms. The van der Waals surface area contributed by atoms with E-state index < -0.39 is 24.1 Å². The van der Waals surface area contributed by atoms with Crippen molar-refractivity contribution in [1.82, 2.24) is 25.3 Å². The molecule has 0 fully saturated rings. The van der Waals surface area contributed by atoms with E-state index in [0.29, 0.717) is 11.2 Å². The number of nitrogens with two attached hydrogens (primary N) is 1. The second-order valence-corrected chi connectivity index (χ2v) is 4.42. The molecular formula is C11H15N7O3. The highest BCUT2D eigenvalue weighted by molar-refractivity contribution is 6.06. The van der Waals surface area contributed by atoms with Crippen LogP contribution in [0.3, 0.4) is 0 Å². The van der Waals surface area contributed by atoms with Gasteiger partial charge in [-0.25, -0.2) is 19.7 Å². The summed E-state index contributed by atoms with van der Waals surface area (Å²) >= 11 is 0. The van der Waals surface area contributed by atoms with Crippen molar-refractivity contribution in [2.24, 2.45) is 5.73 Å². The summed E-state index contributed by atoms with van der Waals surface area (Å²) in [6, 6.07) is -1.93. The highest BCUT2D eigenvalue weighted by atomic mass is 16.3. The first kappa shape index (κ1) is 14.8. The Morgan fingerprint density at radius 3 is 2.81 bits per heavy atom. The van der Waals surface area contributed by atoms with Crippen molar-refractivity contribution >= 4 is 28.9 Å². The third-order valence-electron chi connectivity index (χ3n) is 2.88. The zero-order valence-electron chi connectivity index (χ0n) is 11.4.